The average molecular weight is 269 g/mol. The molecule has 15 heavy (non-hydrogen) atoms. The fraction of sp³-hybridized carbons (Fsp3) is 0.538. The van der Waals surface area contributed by atoms with Crippen molar-refractivity contribution in [3.05, 3.63) is 34.3 Å². The van der Waals surface area contributed by atoms with Crippen molar-refractivity contribution in [2.75, 3.05) is 0 Å². The van der Waals surface area contributed by atoms with E-state index in [9.17, 15) is 5.11 Å². The van der Waals surface area contributed by atoms with Gasteiger partial charge in [0.25, 0.3) is 0 Å². The molecular formula is C13H17BrO. The van der Waals surface area contributed by atoms with Crippen molar-refractivity contribution in [2.24, 2.45) is 5.92 Å². The van der Waals surface area contributed by atoms with E-state index in [0.29, 0.717) is 5.92 Å². The van der Waals surface area contributed by atoms with Crippen LogP contribution in [-0.2, 0) is 5.41 Å². The lowest BCUT2D eigenvalue weighted by Gasteiger charge is -2.49. The molecule has 1 N–H and O–H groups in total. The number of benzene rings is 1. The van der Waals surface area contributed by atoms with Crippen LogP contribution in [0.1, 0.15) is 32.3 Å². The average Bonchev–Trinajstić information content (AvgIpc) is 2.12. The van der Waals surface area contributed by atoms with E-state index in [1.54, 1.807) is 0 Å². The van der Waals surface area contributed by atoms with E-state index in [1.807, 2.05) is 6.07 Å². The number of aliphatic hydroxyl groups is 1. The number of halogens is 1. The second-order valence-electron chi connectivity index (χ2n) is 4.88. The highest BCUT2D eigenvalue weighted by Gasteiger charge is 2.46. The molecule has 1 saturated carbocycles. The Morgan fingerprint density at radius 1 is 1.40 bits per heavy atom. The number of hydrogen-bond acceptors (Lipinski definition) is 1. The first-order valence-corrected chi connectivity index (χ1v) is 6.28. The smallest absolute Gasteiger partial charge is 0.0557 e. The molecule has 0 aromatic heterocycles. The lowest BCUT2D eigenvalue weighted by molar-refractivity contribution is -0.00686. The Kier molecular flexibility index (Phi) is 2.91. The molecule has 0 heterocycles. The predicted molar refractivity (Wildman–Crippen MR) is 65.9 cm³/mol. The molecule has 0 saturated heterocycles. The zero-order valence-corrected chi connectivity index (χ0v) is 10.8. The maximum absolute atomic E-state index is 9.55. The molecule has 2 rings (SSSR count). The van der Waals surface area contributed by atoms with Gasteiger partial charge in [0.1, 0.15) is 0 Å². The van der Waals surface area contributed by atoms with E-state index in [1.165, 1.54) is 5.56 Å². The minimum Gasteiger partial charge on any atom is -0.393 e. The summed E-state index contributed by atoms with van der Waals surface area (Å²) in [4.78, 5) is 0. The van der Waals surface area contributed by atoms with Crippen molar-refractivity contribution in [2.45, 2.75) is 38.2 Å². The van der Waals surface area contributed by atoms with Gasteiger partial charge in [0.15, 0.2) is 0 Å². The summed E-state index contributed by atoms with van der Waals surface area (Å²) in [6, 6.07) is 8.49. The van der Waals surface area contributed by atoms with E-state index in [-0.39, 0.29) is 11.5 Å². The summed E-state index contributed by atoms with van der Waals surface area (Å²) in [6.45, 7) is 4.49. The van der Waals surface area contributed by atoms with E-state index in [4.69, 9.17) is 0 Å². The molecule has 0 atom stereocenters. The van der Waals surface area contributed by atoms with Crippen LogP contribution < -0.4 is 0 Å². The summed E-state index contributed by atoms with van der Waals surface area (Å²) in [5.41, 5.74) is 1.56. The van der Waals surface area contributed by atoms with Gasteiger partial charge >= 0.3 is 0 Å². The van der Waals surface area contributed by atoms with Gasteiger partial charge in [-0.15, -0.1) is 0 Å². The Bertz CT molecular complexity index is 353. The standard InChI is InChI=1S/C13H17BrO/c1-9(2)13(7-12(15)8-13)10-4-3-5-11(14)6-10/h3-6,9,12,15H,7-8H2,1-2H3/t12-,13+. The van der Waals surface area contributed by atoms with E-state index < -0.39 is 0 Å². The molecule has 1 nitrogen and oxygen atoms in total. The molecule has 0 bridgehead atoms. The number of rotatable bonds is 2. The Morgan fingerprint density at radius 2 is 2.07 bits per heavy atom. The van der Waals surface area contributed by atoms with Gasteiger partial charge in [0.05, 0.1) is 6.10 Å². The minimum absolute atomic E-state index is 0.105. The van der Waals surface area contributed by atoms with Crippen LogP contribution in [0, 0.1) is 5.92 Å². The molecule has 1 aromatic rings. The Hall–Kier alpha value is -0.340. The minimum atomic E-state index is -0.105. The summed E-state index contributed by atoms with van der Waals surface area (Å²) in [5.74, 6) is 0.579. The highest BCUT2D eigenvalue weighted by Crippen LogP contribution is 2.49. The quantitative estimate of drug-likeness (QED) is 0.871. The Labute approximate surface area is 99.6 Å². The van der Waals surface area contributed by atoms with Crippen molar-refractivity contribution in [1.29, 1.82) is 0 Å². The first-order valence-electron chi connectivity index (χ1n) is 5.49. The van der Waals surface area contributed by atoms with Gasteiger partial charge in [-0.1, -0.05) is 41.9 Å². The molecule has 0 radical (unpaired) electrons. The number of aliphatic hydroxyl groups excluding tert-OH is 1. The SMILES string of the molecule is CC(C)[C@]1(c2cccc(Br)c2)C[C@@H](O)C1. The van der Waals surface area contributed by atoms with Crippen molar-refractivity contribution >= 4 is 15.9 Å². The van der Waals surface area contributed by atoms with Gasteiger partial charge < -0.3 is 5.11 Å². The van der Waals surface area contributed by atoms with Crippen LogP contribution in [0.3, 0.4) is 0 Å². The van der Waals surface area contributed by atoms with E-state index in [0.717, 1.165) is 17.3 Å². The van der Waals surface area contributed by atoms with Gasteiger partial charge in [0.2, 0.25) is 0 Å². The van der Waals surface area contributed by atoms with Gasteiger partial charge in [-0.3, -0.25) is 0 Å². The van der Waals surface area contributed by atoms with Crippen molar-refractivity contribution in [1.82, 2.24) is 0 Å². The molecule has 0 unspecified atom stereocenters. The summed E-state index contributed by atoms with van der Waals surface area (Å²) in [6.07, 6.45) is 1.70. The Balaban J connectivity index is 2.34. The molecule has 0 aliphatic heterocycles. The van der Waals surface area contributed by atoms with E-state index >= 15 is 0 Å². The molecule has 2 heteroatoms. The molecular weight excluding hydrogens is 252 g/mol. The third-order valence-electron chi connectivity index (χ3n) is 3.70. The maximum atomic E-state index is 9.55. The van der Waals surface area contributed by atoms with Crippen LogP contribution in [0.4, 0.5) is 0 Å². The second-order valence-corrected chi connectivity index (χ2v) is 5.80. The Morgan fingerprint density at radius 3 is 2.53 bits per heavy atom. The molecule has 1 aliphatic rings. The lowest BCUT2D eigenvalue weighted by Crippen LogP contribution is -2.48. The van der Waals surface area contributed by atoms with Gasteiger partial charge in [-0.2, -0.15) is 0 Å². The predicted octanol–water partition coefficient (Wildman–Crippen LogP) is 3.50. The zero-order chi connectivity index (χ0) is 11.1. The fourth-order valence-electron chi connectivity index (χ4n) is 2.62. The summed E-state index contributed by atoms with van der Waals surface area (Å²) in [5, 5.41) is 9.55. The topological polar surface area (TPSA) is 20.2 Å². The summed E-state index contributed by atoms with van der Waals surface area (Å²) in [7, 11) is 0. The molecule has 0 spiro atoms. The molecule has 1 aliphatic carbocycles. The van der Waals surface area contributed by atoms with Crippen LogP contribution in [0.2, 0.25) is 0 Å². The normalized spacial score (nSPS) is 30.3. The first-order chi connectivity index (χ1) is 7.04. The van der Waals surface area contributed by atoms with Gasteiger partial charge in [-0.25, -0.2) is 0 Å². The molecule has 82 valence electrons. The molecule has 1 aromatic carbocycles. The van der Waals surface area contributed by atoms with Crippen LogP contribution >= 0.6 is 15.9 Å². The third-order valence-corrected chi connectivity index (χ3v) is 4.20. The van der Waals surface area contributed by atoms with E-state index in [2.05, 4.69) is 48.0 Å². The van der Waals surface area contributed by atoms with Crippen LogP contribution in [0.5, 0.6) is 0 Å². The van der Waals surface area contributed by atoms with Crippen LogP contribution in [-0.4, -0.2) is 11.2 Å². The fourth-order valence-corrected chi connectivity index (χ4v) is 3.02. The number of hydrogen-bond donors (Lipinski definition) is 1. The van der Waals surface area contributed by atoms with Crippen molar-refractivity contribution < 1.29 is 5.11 Å². The molecule has 1 fully saturated rings. The first kappa shape index (κ1) is 11.2. The van der Waals surface area contributed by atoms with Crippen LogP contribution in [0.15, 0.2) is 28.7 Å². The van der Waals surface area contributed by atoms with Crippen LogP contribution in [0.25, 0.3) is 0 Å². The third kappa shape index (κ3) is 1.85. The van der Waals surface area contributed by atoms with Crippen molar-refractivity contribution in [3.63, 3.8) is 0 Å². The van der Waals surface area contributed by atoms with Gasteiger partial charge in [0, 0.05) is 9.89 Å². The lowest BCUT2D eigenvalue weighted by atomic mass is 9.57. The monoisotopic (exact) mass is 268 g/mol. The van der Waals surface area contributed by atoms with Gasteiger partial charge in [-0.05, 0) is 36.5 Å². The highest BCUT2D eigenvalue weighted by atomic mass is 79.9. The summed E-state index contributed by atoms with van der Waals surface area (Å²) >= 11 is 3.51. The highest BCUT2D eigenvalue weighted by molar-refractivity contribution is 9.10. The molecule has 0 amide bonds. The zero-order valence-electron chi connectivity index (χ0n) is 9.20. The van der Waals surface area contributed by atoms with Crippen molar-refractivity contribution in [3.8, 4) is 0 Å². The second kappa shape index (κ2) is 3.91. The summed E-state index contributed by atoms with van der Waals surface area (Å²) < 4.78 is 1.13. The largest absolute Gasteiger partial charge is 0.393 e. The maximum Gasteiger partial charge on any atom is 0.0557 e.